The molecule has 0 saturated heterocycles. The van der Waals surface area contributed by atoms with Gasteiger partial charge in [0.15, 0.2) is 0 Å². The molecule has 0 aromatic heterocycles. The topological polar surface area (TPSA) is 96.5 Å². The minimum absolute atomic E-state index is 0.124. The zero-order valence-electron chi connectivity index (χ0n) is 30.2. The van der Waals surface area contributed by atoms with Crippen molar-refractivity contribution in [3.05, 3.63) is 155 Å². The molecule has 7 nitrogen and oxygen atoms in total. The predicted molar refractivity (Wildman–Crippen MR) is 204 cm³/mol. The van der Waals surface area contributed by atoms with Gasteiger partial charge in [-0.15, -0.1) is 0 Å². The van der Waals surface area contributed by atoms with E-state index < -0.39 is 17.6 Å². The Morgan fingerprint density at radius 3 is 1.26 bits per heavy atom. The first-order valence-electron chi connectivity index (χ1n) is 17.3. The molecule has 1 aliphatic rings. The molecular weight excluding hydrogens is 679 g/mol. The summed E-state index contributed by atoms with van der Waals surface area (Å²) in [5, 5.41) is 8.44. The lowest BCUT2D eigenvalue weighted by molar-refractivity contribution is -0.137. The van der Waals surface area contributed by atoms with E-state index in [1.54, 1.807) is 43.5 Å². The fraction of sp³-hybridized carbons (Fsp3) is 0.233. The van der Waals surface area contributed by atoms with Crippen LogP contribution in [0.4, 0.5) is 30.2 Å². The summed E-state index contributed by atoms with van der Waals surface area (Å²) >= 11 is 0. The number of carbonyl (C=O) groups is 3. The SMILES string of the molecule is COc1ccc(C(=O)Nc2ccc(C)cc2)cc1.Cc1ccc(NC(=O)C2CCCC2)cc1.Cc1ccc(NC(=O)c2ccc(C(F)(F)F)cc2)cc1. The maximum atomic E-state index is 12.4. The molecule has 0 atom stereocenters. The number of hydrogen-bond donors (Lipinski definition) is 3. The first kappa shape index (κ1) is 39.9. The second-order valence-corrected chi connectivity index (χ2v) is 12.8. The van der Waals surface area contributed by atoms with Crippen molar-refractivity contribution in [3.63, 3.8) is 0 Å². The zero-order valence-corrected chi connectivity index (χ0v) is 30.2. The first-order valence-corrected chi connectivity index (χ1v) is 17.3. The van der Waals surface area contributed by atoms with E-state index in [1.165, 1.54) is 18.4 Å². The molecule has 3 N–H and O–H groups in total. The van der Waals surface area contributed by atoms with Gasteiger partial charge in [0.1, 0.15) is 5.75 Å². The van der Waals surface area contributed by atoms with Crippen molar-refractivity contribution < 1.29 is 32.3 Å². The van der Waals surface area contributed by atoms with Crippen LogP contribution in [0.15, 0.2) is 121 Å². The van der Waals surface area contributed by atoms with Crippen molar-refractivity contribution in [2.24, 2.45) is 5.92 Å². The number of anilines is 3. The Morgan fingerprint density at radius 2 is 0.906 bits per heavy atom. The summed E-state index contributed by atoms with van der Waals surface area (Å²) in [6.45, 7) is 5.97. The molecule has 5 aromatic rings. The van der Waals surface area contributed by atoms with Gasteiger partial charge in [0, 0.05) is 34.1 Å². The number of carbonyl (C=O) groups excluding carboxylic acids is 3. The van der Waals surface area contributed by atoms with E-state index in [4.69, 9.17) is 4.74 Å². The summed E-state index contributed by atoms with van der Waals surface area (Å²) in [5.41, 5.74) is 5.75. The Hall–Kier alpha value is -5.90. The van der Waals surface area contributed by atoms with E-state index in [9.17, 15) is 27.6 Å². The highest BCUT2D eigenvalue weighted by Crippen LogP contribution is 2.29. The van der Waals surface area contributed by atoms with Crippen LogP contribution < -0.4 is 20.7 Å². The Balaban J connectivity index is 0.000000179. The van der Waals surface area contributed by atoms with Gasteiger partial charge in [0.05, 0.1) is 12.7 Å². The normalized spacial score (nSPS) is 12.3. The van der Waals surface area contributed by atoms with Gasteiger partial charge in [-0.1, -0.05) is 65.9 Å². The number of halogens is 3. The highest BCUT2D eigenvalue weighted by molar-refractivity contribution is 6.05. The molecule has 1 saturated carbocycles. The summed E-state index contributed by atoms with van der Waals surface area (Å²) in [6.07, 6.45) is 0.110. The van der Waals surface area contributed by atoms with Crippen LogP contribution in [0.1, 0.15) is 68.7 Å². The molecule has 0 bridgehead atoms. The quantitative estimate of drug-likeness (QED) is 0.156. The monoisotopic (exact) mass is 723 g/mol. The molecular formula is C43H44F3N3O4. The number of alkyl halides is 3. The molecule has 0 spiro atoms. The van der Waals surface area contributed by atoms with Gasteiger partial charge in [-0.2, -0.15) is 13.2 Å². The van der Waals surface area contributed by atoms with Crippen LogP contribution in [0, 0.1) is 26.7 Å². The maximum absolute atomic E-state index is 12.4. The van der Waals surface area contributed by atoms with Gasteiger partial charge in [-0.05, 0) is 119 Å². The average Bonchev–Trinajstić information content (AvgIpc) is 3.71. The molecule has 1 fully saturated rings. The number of benzene rings is 5. The lowest BCUT2D eigenvalue weighted by Crippen LogP contribution is -2.20. The highest BCUT2D eigenvalue weighted by atomic mass is 19.4. The summed E-state index contributed by atoms with van der Waals surface area (Å²) in [4.78, 5) is 35.6. The van der Waals surface area contributed by atoms with E-state index in [1.807, 2.05) is 81.4 Å². The standard InChI is InChI=1S/C15H12F3NO.C15H15NO2.C13H17NO/c1-10-2-8-13(9-3-10)19-14(20)11-4-6-12(7-5-11)15(16,17)18;1-11-3-7-13(8-4-11)16-15(17)12-5-9-14(18-2)10-6-12;1-10-6-8-12(9-7-10)14-13(15)11-4-2-3-5-11/h2-9H,1H3,(H,19,20);3-10H,1-2H3,(H,16,17);6-9,11H,2-5H2,1H3,(H,14,15). The molecule has 10 heteroatoms. The lowest BCUT2D eigenvalue weighted by Gasteiger charge is -2.10. The summed E-state index contributed by atoms with van der Waals surface area (Å²) in [6, 6.07) is 33.9. The number of nitrogens with one attached hydrogen (secondary N) is 3. The largest absolute Gasteiger partial charge is 0.497 e. The Labute approximate surface area is 308 Å². The third-order valence-electron chi connectivity index (χ3n) is 8.49. The molecule has 1 aliphatic carbocycles. The second-order valence-electron chi connectivity index (χ2n) is 12.8. The van der Waals surface area contributed by atoms with Crippen LogP contribution in [0.25, 0.3) is 0 Å². The van der Waals surface area contributed by atoms with Crippen molar-refractivity contribution in [1.29, 1.82) is 0 Å². The van der Waals surface area contributed by atoms with Gasteiger partial charge in [-0.25, -0.2) is 0 Å². The third kappa shape index (κ3) is 13.0. The van der Waals surface area contributed by atoms with Crippen molar-refractivity contribution >= 4 is 34.8 Å². The smallest absolute Gasteiger partial charge is 0.416 e. The number of ether oxygens (including phenoxy) is 1. The van der Waals surface area contributed by atoms with E-state index in [0.717, 1.165) is 65.4 Å². The Kier molecular flexibility index (Phi) is 14.4. The maximum Gasteiger partial charge on any atom is 0.416 e. The van der Waals surface area contributed by atoms with Crippen LogP contribution in [0.3, 0.4) is 0 Å². The fourth-order valence-corrected chi connectivity index (χ4v) is 5.30. The van der Waals surface area contributed by atoms with Gasteiger partial charge < -0.3 is 20.7 Å². The molecule has 3 amide bonds. The first-order chi connectivity index (χ1) is 25.3. The third-order valence-corrected chi connectivity index (χ3v) is 8.49. The number of rotatable bonds is 7. The van der Waals surface area contributed by atoms with Gasteiger partial charge >= 0.3 is 6.18 Å². The molecule has 5 aromatic carbocycles. The molecule has 0 heterocycles. The van der Waals surface area contributed by atoms with Crippen LogP contribution in [-0.4, -0.2) is 24.8 Å². The Morgan fingerprint density at radius 1 is 0.547 bits per heavy atom. The molecule has 6 rings (SSSR count). The molecule has 276 valence electrons. The van der Waals surface area contributed by atoms with Gasteiger partial charge in [-0.3, -0.25) is 14.4 Å². The number of hydrogen-bond acceptors (Lipinski definition) is 4. The molecule has 0 radical (unpaired) electrons. The van der Waals surface area contributed by atoms with E-state index >= 15 is 0 Å². The van der Waals surface area contributed by atoms with Crippen LogP contribution >= 0.6 is 0 Å². The number of aryl methyl sites for hydroxylation is 3. The summed E-state index contributed by atoms with van der Waals surface area (Å²) in [5.74, 6) is 0.605. The summed E-state index contributed by atoms with van der Waals surface area (Å²) < 4.78 is 42.3. The zero-order chi connectivity index (χ0) is 38.4. The van der Waals surface area contributed by atoms with Crippen LogP contribution in [0.2, 0.25) is 0 Å². The predicted octanol–water partition coefficient (Wildman–Crippen LogP) is 10.6. The van der Waals surface area contributed by atoms with Crippen molar-refractivity contribution in [2.75, 3.05) is 23.1 Å². The van der Waals surface area contributed by atoms with Crippen LogP contribution in [-0.2, 0) is 11.0 Å². The van der Waals surface area contributed by atoms with Crippen LogP contribution in [0.5, 0.6) is 5.75 Å². The minimum Gasteiger partial charge on any atom is -0.497 e. The Bertz CT molecular complexity index is 1920. The minimum atomic E-state index is -4.40. The average molecular weight is 724 g/mol. The summed E-state index contributed by atoms with van der Waals surface area (Å²) in [7, 11) is 1.60. The van der Waals surface area contributed by atoms with Gasteiger partial charge in [0.2, 0.25) is 5.91 Å². The number of methoxy groups -OCH3 is 1. The van der Waals surface area contributed by atoms with E-state index in [0.29, 0.717) is 11.3 Å². The van der Waals surface area contributed by atoms with E-state index in [-0.39, 0.29) is 23.3 Å². The van der Waals surface area contributed by atoms with E-state index in [2.05, 4.69) is 16.0 Å². The molecule has 53 heavy (non-hydrogen) atoms. The fourth-order valence-electron chi connectivity index (χ4n) is 5.30. The molecule has 0 unspecified atom stereocenters. The van der Waals surface area contributed by atoms with Crippen molar-refractivity contribution in [1.82, 2.24) is 0 Å². The van der Waals surface area contributed by atoms with Gasteiger partial charge in [0.25, 0.3) is 11.8 Å². The lowest BCUT2D eigenvalue weighted by atomic mass is 10.1. The van der Waals surface area contributed by atoms with Crippen molar-refractivity contribution in [3.8, 4) is 5.75 Å². The highest BCUT2D eigenvalue weighted by Gasteiger charge is 2.30. The molecule has 0 aliphatic heterocycles. The number of amides is 3. The second kappa shape index (κ2) is 19.1. The van der Waals surface area contributed by atoms with Crippen molar-refractivity contribution in [2.45, 2.75) is 52.6 Å².